The smallest absolute Gasteiger partial charge is 0.286 e. The van der Waals surface area contributed by atoms with Gasteiger partial charge in [-0.15, -0.1) is 10.2 Å². The van der Waals surface area contributed by atoms with Gasteiger partial charge in [0.25, 0.3) is 5.91 Å². The Kier molecular flexibility index (Phi) is 4.59. The SMILES string of the molecule is O=C(NN1CCOCC1)c1ccc(N2CCOCC2)nn1. The number of hydrogen-bond donors (Lipinski definition) is 1. The molecule has 1 aromatic rings. The summed E-state index contributed by atoms with van der Waals surface area (Å²) in [6.07, 6.45) is 0. The molecule has 0 bridgehead atoms. The largest absolute Gasteiger partial charge is 0.379 e. The predicted octanol–water partition coefficient (Wildman–Crippen LogP) is -0.710. The van der Waals surface area contributed by atoms with Gasteiger partial charge in [-0.1, -0.05) is 0 Å². The van der Waals surface area contributed by atoms with Crippen LogP contribution in [0, 0.1) is 0 Å². The quantitative estimate of drug-likeness (QED) is 0.788. The van der Waals surface area contributed by atoms with E-state index in [-0.39, 0.29) is 5.91 Å². The van der Waals surface area contributed by atoms with Crippen molar-refractivity contribution in [1.29, 1.82) is 0 Å². The number of carbonyl (C=O) groups is 1. The number of ether oxygens (including phenoxy) is 2. The molecule has 0 radical (unpaired) electrons. The number of hydrazine groups is 1. The molecule has 0 aromatic carbocycles. The summed E-state index contributed by atoms with van der Waals surface area (Å²) in [4.78, 5) is 14.2. The van der Waals surface area contributed by atoms with Gasteiger partial charge in [0.1, 0.15) is 0 Å². The third-order valence-corrected chi connectivity index (χ3v) is 3.49. The van der Waals surface area contributed by atoms with Crippen LogP contribution in [-0.4, -0.2) is 73.7 Å². The molecule has 1 amide bonds. The fourth-order valence-corrected chi connectivity index (χ4v) is 2.28. The molecule has 2 fully saturated rings. The molecule has 3 rings (SSSR count). The molecular formula is C13H19N5O3. The summed E-state index contributed by atoms with van der Waals surface area (Å²) >= 11 is 0. The standard InChI is InChI=1S/C13H19N5O3/c19-13(16-18-5-9-21-10-6-18)11-1-2-12(15-14-11)17-3-7-20-8-4-17/h1-2H,3-10H2,(H,16,19). The maximum Gasteiger partial charge on any atom is 0.286 e. The van der Waals surface area contributed by atoms with E-state index in [0.717, 1.165) is 18.9 Å². The number of amides is 1. The molecule has 0 unspecified atom stereocenters. The average Bonchev–Trinajstić information content (AvgIpc) is 2.57. The molecule has 2 saturated heterocycles. The normalized spacial score (nSPS) is 20.3. The van der Waals surface area contributed by atoms with E-state index in [9.17, 15) is 4.79 Å². The lowest BCUT2D eigenvalue weighted by molar-refractivity contribution is 0.0124. The lowest BCUT2D eigenvalue weighted by Gasteiger charge is -2.27. The van der Waals surface area contributed by atoms with Crippen molar-refractivity contribution in [3.63, 3.8) is 0 Å². The minimum absolute atomic E-state index is 0.238. The predicted molar refractivity (Wildman–Crippen MR) is 74.9 cm³/mol. The van der Waals surface area contributed by atoms with Gasteiger partial charge in [-0.2, -0.15) is 0 Å². The number of morpholine rings is 2. The molecular weight excluding hydrogens is 274 g/mol. The van der Waals surface area contributed by atoms with Gasteiger partial charge in [0.15, 0.2) is 11.5 Å². The molecule has 114 valence electrons. The van der Waals surface area contributed by atoms with E-state index in [1.165, 1.54) is 0 Å². The summed E-state index contributed by atoms with van der Waals surface area (Å²) in [6, 6.07) is 3.53. The van der Waals surface area contributed by atoms with Crippen molar-refractivity contribution in [3.05, 3.63) is 17.8 Å². The minimum atomic E-state index is -0.238. The molecule has 0 spiro atoms. The van der Waals surface area contributed by atoms with Gasteiger partial charge in [0.2, 0.25) is 0 Å². The molecule has 0 saturated carbocycles. The molecule has 21 heavy (non-hydrogen) atoms. The van der Waals surface area contributed by atoms with Crippen molar-refractivity contribution in [1.82, 2.24) is 20.6 Å². The Hall–Kier alpha value is -1.77. The summed E-state index contributed by atoms with van der Waals surface area (Å²) in [7, 11) is 0. The molecule has 0 aliphatic carbocycles. The Morgan fingerprint density at radius 1 is 1.00 bits per heavy atom. The van der Waals surface area contributed by atoms with Crippen molar-refractivity contribution in [2.45, 2.75) is 0 Å². The highest BCUT2D eigenvalue weighted by Gasteiger charge is 2.17. The van der Waals surface area contributed by atoms with Gasteiger partial charge in [-0.25, -0.2) is 5.01 Å². The Morgan fingerprint density at radius 2 is 1.67 bits per heavy atom. The Morgan fingerprint density at radius 3 is 2.29 bits per heavy atom. The average molecular weight is 293 g/mol. The van der Waals surface area contributed by atoms with E-state index >= 15 is 0 Å². The Labute approximate surface area is 123 Å². The van der Waals surface area contributed by atoms with Crippen molar-refractivity contribution in [3.8, 4) is 0 Å². The summed E-state index contributed by atoms with van der Waals surface area (Å²) < 4.78 is 10.5. The van der Waals surface area contributed by atoms with Crippen LogP contribution in [0.5, 0.6) is 0 Å². The van der Waals surface area contributed by atoms with Crippen LogP contribution < -0.4 is 10.3 Å². The van der Waals surface area contributed by atoms with Crippen molar-refractivity contribution in [2.24, 2.45) is 0 Å². The highest BCUT2D eigenvalue weighted by Crippen LogP contribution is 2.11. The second-order valence-corrected chi connectivity index (χ2v) is 4.92. The molecule has 8 nitrogen and oxygen atoms in total. The van der Waals surface area contributed by atoms with E-state index in [2.05, 4.69) is 20.5 Å². The first-order valence-corrected chi connectivity index (χ1v) is 7.13. The molecule has 0 atom stereocenters. The fraction of sp³-hybridized carbons (Fsp3) is 0.615. The topological polar surface area (TPSA) is 79.8 Å². The van der Waals surface area contributed by atoms with E-state index < -0.39 is 0 Å². The van der Waals surface area contributed by atoms with E-state index in [1.807, 2.05) is 11.1 Å². The number of anilines is 1. The number of hydrogen-bond acceptors (Lipinski definition) is 7. The van der Waals surface area contributed by atoms with E-state index in [0.29, 0.717) is 45.2 Å². The summed E-state index contributed by atoms with van der Waals surface area (Å²) in [6.45, 7) is 5.61. The maximum absolute atomic E-state index is 12.1. The summed E-state index contributed by atoms with van der Waals surface area (Å²) in [5.41, 5.74) is 3.13. The Balaban J connectivity index is 1.58. The van der Waals surface area contributed by atoms with Crippen LogP contribution in [0.1, 0.15) is 10.5 Å². The third-order valence-electron chi connectivity index (χ3n) is 3.49. The van der Waals surface area contributed by atoms with Gasteiger partial charge < -0.3 is 14.4 Å². The number of nitrogens with zero attached hydrogens (tertiary/aromatic N) is 4. The van der Waals surface area contributed by atoms with E-state index in [1.54, 1.807) is 6.07 Å². The van der Waals surface area contributed by atoms with Crippen LogP contribution >= 0.6 is 0 Å². The van der Waals surface area contributed by atoms with E-state index in [4.69, 9.17) is 9.47 Å². The summed E-state index contributed by atoms with van der Waals surface area (Å²) in [5, 5.41) is 9.99. The lowest BCUT2D eigenvalue weighted by atomic mass is 10.3. The van der Waals surface area contributed by atoms with Crippen LogP contribution in [-0.2, 0) is 9.47 Å². The first-order valence-electron chi connectivity index (χ1n) is 7.13. The first kappa shape index (κ1) is 14.2. The van der Waals surface area contributed by atoms with Crippen molar-refractivity contribution < 1.29 is 14.3 Å². The fourth-order valence-electron chi connectivity index (χ4n) is 2.28. The van der Waals surface area contributed by atoms with Gasteiger partial charge in [-0.05, 0) is 12.1 Å². The second-order valence-electron chi connectivity index (χ2n) is 4.92. The number of aromatic nitrogens is 2. The van der Waals surface area contributed by atoms with Gasteiger partial charge in [0, 0.05) is 26.2 Å². The molecule has 3 heterocycles. The third kappa shape index (κ3) is 3.66. The molecule has 2 aliphatic rings. The molecule has 1 N–H and O–H groups in total. The van der Waals surface area contributed by atoms with Crippen molar-refractivity contribution in [2.75, 3.05) is 57.5 Å². The Bertz CT molecular complexity index is 469. The molecule has 1 aromatic heterocycles. The zero-order chi connectivity index (χ0) is 14.5. The van der Waals surface area contributed by atoms with Crippen LogP contribution in [0.2, 0.25) is 0 Å². The van der Waals surface area contributed by atoms with Gasteiger partial charge in [-0.3, -0.25) is 10.2 Å². The lowest BCUT2D eigenvalue weighted by Crippen LogP contribution is -2.48. The monoisotopic (exact) mass is 293 g/mol. The maximum atomic E-state index is 12.1. The zero-order valence-electron chi connectivity index (χ0n) is 11.8. The highest BCUT2D eigenvalue weighted by atomic mass is 16.5. The molecule has 2 aliphatic heterocycles. The number of carbonyl (C=O) groups excluding carboxylic acids is 1. The number of rotatable bonds is 3. The van der Waals surface area contributed by atoms with Crippen LogP contribution in [0.4, 0.5) is 5.82 Å². The van der Waals surface area contributed by atoms with Crippen molar-refractivity contribution >= 4 is 11.7 Å². The zero-order valence-corrected chi connectivity index (χ0v) is 11.8. The number of nitrogens with one attached hydrogen (secondary N) is 1. The second kappa shape index (κ2) is 6.79. The van der Waals surface area contributed by atoms with Crippen LogP contribution in [0.25, 0.3) is 0 Å². The summed E-state index contributed by atoms with van der Waals surface area (Å²) in [5.74, 6) is 0.541. The van der Waals surface area contributed by atoms with Crippen LogP contribution in [0.3, 0.4) is 0 Å². The van der Waals surface area contributed by atoms with Crippen LogP contribution in [0.15, 0.2) is 12.1 Å². The minimum Gasteiger partial charge on any atom is -0.379 e. The highest BCUT2D eigenvalue weighted by molar-refractivity contribution is 5.91. The van der Waals surface area contributed by atoms with Gasteiger partial charge >= 0.3 is 0 Å². The first-order chi connectivity index (χ1) is 10.3. The van der Waals surface area contributed by atoms with Gasteiger partial charge in [0.05, 0.1) is 26.4 Å². The molecule has 8 heteroatoms.